The first kappa shape index (κ1) is 23.5. The number of rotatable bonds is 9. The van der Waals surface area contributed by atoms with Crippen molar-refractivity contribution < 1.29 is 32.4 Å². The summed E-state index contributed by atoms with van der Waals surface area (Å²) in [5.41, 5.74) is 9.28. The maximum absolute atomic E-state index is 13.2. The number of phosphoric acid groups is 1. The van der Waals surface area contributed by atoms with E-state index in [1.54, 1.807) is 30.3 Å². The van der Waals surface area contributed by atoms with E-state index in [1.165, 1.54) is 16.8 Å². The largest absolute Gasteiger partial charge is 0.756 e. The molecule has 0 spiro atoms. The maximum atomic E-state index is 13.2. The molecule has 0 radical (unpaired) electrons. The fourth-order valence-corrected chi connectivity index (χ4v) is 3.50. The second-order valence-electron chi connectivity index (χ2n) is 7.38. The van der Waals surface area contributed by atoms with E-state index in [0.717, 1.165) is 11.1 Å². The first-order chi connectivity index (χ1) is 16.3. The molecule has 1 atom stereocenters. The highest BCUT2D eigenvalue weighted by molar-refractivity contribution is 7.44. The number of anilines is 2. The van der Waals surface area contributed by atoms with Gasteiger partial charge in [-0.3, -0.25) is 14.8 Å². The minimum Gasteiger partial charge on any atom is -0.756 e. The second-order valence-corrected chi connectivity index (χ2v) is 8.57. The van der Waals surface area contributed by atoms with Gasteiger partial charge in [0.05, 0.1) is 11.9 Å². The number of benzene rings is 1. The summed E-state index contributed by atoms with van der Waals surface area (Å²) in [6.07, 6.45) is 2.02. The number of nitrogen functional groups attached to an aromatic ring is 1. The number of nitrogens with one attached hydrogen (secondary N) is 1. The van der Waals surface area contributed by atoms with Gasteiger partial charge in [-0.1, -0.05) is 35.5 Å². The lowest BCUT2D eigenvalue weighted by molar-refractivity contribution is -0.712. The van der Waals surface area contributed by atoms with Crippen molar-refractivity contribution >= 4 is 19.5 Å². The van der Waals surface area contributed by atoms with Crippen LogP contribution in [0, 0.1) is 5.95 Å². The van der Waals surface area contributed by atoms with Gasteiger partial charge >= 0.3 is 0 Å². The van der Waals surface area contributed by atoms with Crippen molar-refractivity contribution in [3.05, 3.63) is 89.6 Å². The molecule has 1 unspecified atom stereocenters. The first-order valence-electron chi connectivity index (χ1n) is 10.1. The number of pyridine rings is 2. The molecule has 4 rings (SSSR count). The standard InChI is InChI=1S/C22H21FN5O5P/c23-20-4-1-5-21(26-20)25-13-16-8-6-15(7-9-16)11-17-12-19(33-27-17)18-3-2-10-28(22(18)24)14-32-34(29,30)31/h1-10,12,24H,11,13-14H2,(H3,25,26,29,30,31). The van der Waals surface area contributed by atoms with E-state index in [9.17, 15) is 13.8 Å². The quantitative estimate of drug-likeness (QED) is 0.184. The molecule has 0 saturated carbocycles. The van der Waals surface area contributed by atoms with E-state index in [4.69, 9.17) is 15.2 Å². The van der Waals surface area contributed by atoms with Crippen LogP contribution in [0.2, 0.25) is 0 Å². The molecule has 4 N–H and O–H groups in total. The molecule has 0 saturated heterocycles. The zero-order valence-corrected chi connectivity index (χ0v) is 18.7. The average Bonchev–Trinajstić information content (AvgIpc) is 3.25. The third kappa shape index (κ3) is 6.24. The Morgan fingerprint density at radius 3 is 2.68 bits per heavy atom. The van der Waals surface area contributed by atoms with Gasteiger partial charge in [-0.2, -0.15) is 4.39 Å². The maximum Gasteiger partial charge on any atom is 0.285 e. The van der Waals surface area contributed by atoms with Crippen molar-refractivity contribution in [3.8, 4) is 11.3 Å². The minimum atomic E-state index is -4.88. The van der Waals surface area contributed by atoms with Crippen LogP contribution in [0.3, 0.4) is 0 Å². The molecule has 34 heavy (non-hydrogen) atoms. The van der Waals surface area contributed by atoms with Gasteiger partial charge in [0.25, 0.3) is 13.6 Å². The number of hydrogen-bond acceptors (Lipinski definition) is 8. The lowest BCUT2D eigenvalue weighted by Gasteiger charge is -2.14. The average molecular weight is 485 g/mol. The molecule has 1 aromatic carbocycles. The normalized spacial score (nSPS) is 12.9. The van der Waals surface area contributed by atoms with E-state index in [-0.39, 0.29) is 5.82 Å². The number of nitrogens with zero attached hydrogens (tertiary/aromatic N) is 3. The fourth-order valence-electron chi connectivity index (χ4n) is 3.23. The van der Waals surface area contributed by atoms with Crippen molar-refractivity contribution in [1.29, 1.82) is 0 Å². The highest BCUT2D eigenvalue weighted by atomic mass is 31.2. The zero-order valence-electron chi connectivity index (χ0n) is 17.8. The fraction of sp³-hybridized carbons (Fsp3) is 0.136. The molecule has 10 nitrogen and oxygen atoms in total. The van der Waals surface area contributed by atoms with Crippen LogP contribution in [0.15, 0.2) is 71.4 Å². The molecule has 12 heteroatoms. The highest BCUT2D eigenvalue weighted by Crippen LogP contribution is 2.30. The lowest BCUT2D eigenvalue weighted by atomic mass is 10.1. The predicted molar refractivity (Wildman–Crippen MR) is 118 cm³/mol. The summed E-state index contributed by atoms with van der Waals surface area (Å²) in [5.74, 6) is 0.514. The van der Waals surface area contributed by atoms with Crippen LogP contribution >= 0.6 is 7.82 Å². The Labute approximate surface area is 194 Å². The molecule has 0 aliphatic carbocycles. The Bertz CT molecular complexity index is 1330. The van der Waals surface area contributed by atoms with Gasteiger partial charge in [-0.05, 0) is 35.4 Å². The molecule has 3 aromatic heterocycles. The third-order valence-corrected chi connectivity index (χ3v) is 5.34. The topological polar surface area (TPSA) is 150 Å². The molecule has 0 fully saturated rings. The van der Waals surface area contributed by atoms with Gasteiger partial charge in [0.15, 0.2) is 12.5 Å². The summed E-state index contributed by atoms with van der Waals surface area (Å²) in [4.78, 5) is 23.4. The summed E-state index contributed by atoms with van der Waals surface area (Å²) in [7, 11) is -4.88. The van der Waals surface area contributed by atoms with E-state index < -0.39 is 20.5 Å². The van der Waals surface area contributed by atoms with Crippen LogP contribution in [0.5, 0.6) is 0 Å². The van der Waals surface area contributed by atoms with Crippen molar-refractivity contribution in [3.63, 3.8) is 0 Å². The number of halogens is 1. The SMILES string of the molecule is Nc1c(-c2cc(Cc3ccc(CNc4cccc(F)n4)cc3)no2)ccc[n+]1COP(=O)([O-])O. The van der Waals surface area contributed by atoms with Crippen LogP contribution in [0.1, 0.15) is 16.8 Å². The summed E-state index contributed by atoms with van der Waals surface area (Å²) in [6.45, 7) is 0.0222. The Morgan fingerprint density at radius 1 is 1.18 bits per heavy atom. The lowest BCUT2D eigenvalue weighted by Crippen LogP contribution is -2.38. The van der Waals surface area contributed by atoms with Gasteiger partial charge < -0.3 is 19.6 Å². The minimum absolute atomic E-state index is 0.184. The second kappa shape index (κ2) is 10.1. The summed E-state index contributed by atoms with van der Waals surface area (Å²) in [5, 5.41) is 7.16. The van der Waals surface area contributed by atoms with Crippen molar-refractivity contribution in [1.82, 2.24) is 10.1 Å². The Hall–Kier alpha value is -3.63. The van der Waals surface area contributed by atoms with Crippen molar-refractivity contribution in [2.24, 2.45) is 0 Å². The molecule has 0 amide bonds. The molecular formula is C22H21FN5O5P. The summed E-state index contributed by atoms with van der Waals surface area (Å²) in [6, 6.07) is 17.5. The molecule has 0 aliphatic rings. The van der Waals surface area contributed by atoms with Crippen LogP contribution in [-0.4, -0.2) is 15.0 Å². The molecule has 0 aliphatic heterocycles. The van der Waals surface area contributed by atoms with E-state index in [1.807, 2.05) is 24.3 Å². The van der Waals surface area contributed by atoms with Crippen LogP contribution in [-0.2, 0) is 28.8 Å². The predicted octanol–water partition coefficient (Wildman–Crippen LogP) is 2.38. The molecule has 3 heterocycles. The smallest absolute Gasteiger partial charge is 0.285 e. The molecule has 4 aromatic rings. The number of phosphoric ester groups is 1. The summed E-state index contributed by atoms with van der Waals surface area (Å²) >= 11 is 0. The Morgan fingerprint density at radius 2 is 1.94 bits per heavy atom. The molecular weight excluding hydrogens is 464 g/mol. The highest BCUT2D eigenvalue weighted by Gasteiger charge is 2.18. The molecule has 176 valence electrons. The van der Waals surface area contributed by atoms with Gasteiger partial charge in [-0.25, -0.2) is 9.55 Å². The number of aromatic nitrogens is 3. The van der Waals surface area contributed by atoms with Crippen molar-refractivity contribution in [2.45, 2.75) is 19.7 Å². The van der Waals surface area contributed by atoms with E-state index in [2.05, 4.69) is 20.0 Å². The van der Waals surface area contributed by atoms with Crippen LogP contribution in [0.25, 0.3) is 11.3 Å². The Balaban J connectivity index is 1.40. The van der Waals surface area contributed by atoms with Gasteiger partial charge in [-0.15, -0.1) is 0 Å². The summed E-state index contributed by atoms with van der Waals surface area (Å²) < 4.78 is 35.1. The Kier molecular flexibility index (Phi) is 6.99. The zero-order chi connectivity index (χ0) is 24.1. The van der Waals surface area contributed by atoms with Crippen LogP contribution < -0.4 is 20.5 Å². The number of nitrogens with two attached hydrogens (primary N) is 1. The monoisotopic (exact) mass is 485 g/mol. The van der Waals surface area contributed by atoms with Gasteiger partial charge in [0, 0.05) is 19.0 Å². The molecule has 0 bridgehead atoms. The van der Waals surface area contributed by atoms with Crippen molar-refractivity contribution in [2.75, 3.05) is 11.1 Å². The first-order valence-corrected chi connectivity index (χ1v) is 11.6. The van der Waals surface area contributed by atoms with E-state index in [0.29, 0.717) is 35.8 Å². The van der Waals surface area contributed by atoms with Gasteiger partial charge in [0.1, 0.15) is 11.4 Å². The van der Waals surface area contributed by atoms with E-state index >= 15 is 0 Å². The van der Waals surface area contributed by atoms with Crippen LogP contribution in [0.4, 0.5) is 16.0 Å². The van der Waals surface area contributed by atoms with Gasteiger partial charge in [0.2, 0.25) is 5.95 Å². The number of hydrogen-bond donors (Lipinski definition) is 3. The third-order valence-electron chi connectivity index (χ3n) is 4.90.